The Labute approximate surface area is 75.7 Å². The van der Waals surface area contributed by atoms with Crippen molar-refractivity contribution in [2.24, 2.45) is 0 Å². The zero-order chi connectivity index (χ0) is 10.5. The summed E-state index contributed by atoms with van der Waals surface area (Å²) >= 11 is 0. The van der Waals surface area contributed by atoms with E-state index in [4.69, 9.17) is 14.2 Å². The number of benzene rings is 1. The molecule has 3 nitrogen and oxygen atoms in total. The Kier molecular flexibility index (Phi) is 4.33. The Morgan fingerprint density at radius 3 is 1.85 bits per heavy atom. The van der Waals surface area contributed by atoms with Gasteiger partial charge in [-0.1, -0.05) is 26.0 Å². The van der Waals surface area contributed by atoms with E-state index in [0.717, 1.165) is 11.3 Å². The topological polar surface area (TPSA) is 60.2 Å². The molecule has 0 amide bonds. The summed E-state index contributed by atoms with van der Waals surface area (Å²) in [5.41, 5.74) is 7.53. The maximum Gasteiger partial charge on any atom is 0.476 e. The van der Waals surface area contributed by atoms with Crippen LogP contribution in [0.15, 0.2) is 24.3 Å². The molecule has 0 bridgehead atoms. The number of hydrogen-bond donors (Lipinski definition) is 1. The quantitative estimate of drug-likeness (QED) is 0.523. The molecule has 1 aromatic carbocycles. The molecule has 0 fully saturated rings. The molecule has 6 heteroatoms. The van der Waals surface area contributed by atoms with Crippen LogP contribution >= 0.6 is 0 Å². The van der Waals surface area contributed by atoms with E-state index in [2.05, 4.69) is 0 Å². The van der Waals surface area contributed by atoms with Gasteiger partial charge in [0.2, 0.25) is 0 Å². The standard InChI is InChI=1S/C7H9N.F2O2S/c1-6-4-2-3-5-7(6)8;1-5(2,3)4/h2-5H,8H2,1H3;. The number of hydrogen-bond acceptors (Lipinski definition) is 3. The van der Waals surface area contributed by atoms with Gasteiger partial charge in [0, 0.05) is 5.69 Å². The molecule has 0 saturated heterocycles. The van der Waals surface area contributed by atoms with Gasteiger partial charge in [-0.2, -0.15) is 8.42 Å². The van der Waals surface area contributed by atoms with E-state index in [-0.39, 0.29) is 0 Å². The zero-order valence-corrected chi connectivity index (χ0v) is 7.68. The number of rotatable bonds is 0. The molecule has 0 aliphatic rings. The lowest BCUT2D eigenvalue weighted by Crippen LogP contribution is -1.85. The van der Waals surface area contributed by atoms with Gasteiger partial charge < -0.3 is 5.73 Å². The molecule has 0 spiro atoms. The van der Waals surface area contributed by atoms with Crippen molar-refractivity contribution in [1.29, 1.82) is 0 Å². The first-order valence-corrected chi connectivity index (χ1v) is 4.54. The van der Waals surface area contributed by atoms with E-state index in [9.17, 15) is 7.77 Å². The van der Waals surface area contributed by atoms with Crippen molar-refractivity contribution in [1.82, 2.24) is 0 Å². The molecule has 0 aromatic heterocycles. The summed E-state index contributed by atoms with van der Waals surface area (Å²) in [4.78, 5) is 0. The van der Waals surface area contributed by atoms with Gasteiger partial charge in [-0.05, 0) is 18.6 Å². The van der Waals surface area contributed by atoms with Crippen molar-refractivity contribution in [3.63, 3.8) is 0 Å². The van der Waals surface area contributed by atoms with Crippen molar-refractivity contribution < 1.29 is 16.2 Å². The molecule has 1 rings (SSSR count). The number of anilines is 1. The number of aryl methyl sites for hydroxylation is 1. The largest absolute Gasteiger partial charge is 0.476 e. The van der Waals surface area contributed by atoms with Gasteiger partial charge in [-0.25, -0.2) is 0 Å². The van der Waals surface area contributed by atoms with Gasteiger partial charge in [0.05, 0.1) is 0 Å². The third kappa shape index (κ3) is 8.74. The van der Waals surface area contributed by atoms with E-state index >= 15 is 0 Å². The van der Waals surface area contributed by atoms with Crippen LogP contribution in [0.4, 0.5) is 13.5 Å². The first kappa shape index (κ1) is 11.8. The summed E-state index contributed by atoms with van der Waals surface area (Å²) in [6.07, 6.45) is 0. The number of para-hydroxylation sites is 1. The second kappa shape index (κ2) is 4.76. The molecule has 13 heavy (non-hydrogen) atoms. The Hall–Kier alpha value is -1.17. The molecule has 0 unspecified atom stereocenters. The lowest BCUT2D eigenvalue weighted by molar-refractivity contribution is 0.501. The Morgan fingerprint density at radius 2 is 1.62 bits per heavy atom. The van der Waals surface area contributed by atoms with Gasteiger partial charge in [-0.3, -0.25) is 0 Å². The van der Waals surface area contributed by atoms with Crippen LogP contribution in [0.3, 0.4) is 0 Å². The van der Waals surface area contributed by atoms with E-state index in [1.807, 2.05) is 31.2 Å². The second-order valence-electron chi connectivity index (χ2n) is 2.23. The molecule has 0 heterocycles. The average Bonchev–Trinajstić information content (AvgIpc) is 1.92. The van der Waals surface area contributed by atoms with Crippen molar-refractivity contribution in [2.45, 2.75) is 6.92 Å². The highest BCUT2D eigenvalue weighted by atomic mass is 32.3. The van der Waals surface area contributed by atoms with Crippen LogP contribution in [0, 0.1) is 6.92 Å². The van der Waals surface area contributed by atoms with Crippen molar-refractivity contribution in [2.75, 3.05) is 5.73 Å². The van der Waals surface area contributed by atoms with Crippen LogP contribution in [0.25, 0.3) is 0 Å². The number of halogens is 2. The molecular formula is C7H9F2NO2S. The first-order chi connectivity index (χ1) is 5.80. The molecule has 2 N–H and O–H groups in total. The van der Waals surface area contributed by atoms with Crippen LogP contribution in [-0.4, -0.2) is 8.42 Å². The van der Waals surface area contributed by atoms with Crippen LogP contribution in [0.1, 0.15) is 5.56 Å². The predicted octanol–water partition coefficient (Wildman–Crippen LogP) is 1.75. The monoisotopic (exact) mass is 209 g/mol. The molecule has 0 aliphatic heterocycles. The van der Waals surface area contributed by atoms with E-state index in [1.54, 1.807) is 0 Å². The molecule has 0 atom stereocenters. The predicted molar refractivity (Wildman–Crippen MR) is 46.7 cm³/mol. The molecule has 0 saturated carbocycles. The zero-order valence-electron chi connectivity index (χ0n) is 6.87. The third-order valence-corrected chi connectivity index (χ3v) is 1.19. The second-order valence-corrected chi connectivity index (χ2v) is 2.99. The summed E-state index contributed by atoms with van der Waals surface area (Å²) in [5, 5.41) is 0. The molecular weight excluding hydrogens is 200 g/mol. The van der Waals surface area contributed by atoms with Gasteiger partial charge in [0.15, 0.2) is 0 Å². The maximum atomic E-state index is 9.99. The normalized spacial score (nSPS) is 10.1. The fraction of sp³-hybridized carbons (Fsp3) is 0.143. The lowest BCUT2D eigenvalue weighted by Gasteiger charge is -1.93. The fourth-order valence-electron chi connectivity index (χ4n) is 0.587. The van der Waals surface area contributed by atoms with Crippen molar-refractivity contribution >= 4 is 16.3 Å². The lowest BCUT2D eigenvalue weighted by atomic mass is 10.2. The Balaban J connectivity index is 0.000000252. The first-order valence-electron chi connectivity index (χ1n) is 3.26. The molecule has 0 radical (unpaired) electrons. The van der Waals surface area contributed by atoms with Crippen LogP contribution in [0.2, 0.25) is 0 Å². The van der Waals surface area contributed by atoms with E-state index in [0.29, 0.717) is 0 Å². The average molecular weight is 209 g/mol. The SMILES string of the molecule is Cc1ccccc1N.O=S(=O)(F)F. The van der Waals surface area contributed by atoms with Crippen LogP contribution < -0.4 is 5.73 Å². The highest BCUT2D eigenvalue weighted by Gasteiger charge is 1.94. The molecule has 0 aliphatic carbocycles. The summed E-state index contributed by atoms with van der Waals surface area (Å²) < 4.78 is 36.6. The highest BCUT2D eigenvalue weighted by molar-refractivity contribution is 7.81. The van der Waals surface area contributed by atoms with Crippen LogP contribution in [0.5, 0.6) is 0 Å². The van der Waals surface area contributed by atoms with Crippen molar-refractivity contribution in [3.05, 3.63) is 29.8 Å². The number of nitrogen functional groups attached to an aromatic ring is 1. The van der Waals surface area contributed by atoms with Gasteiger partial charge in [0.25, 0.3) is 0 Å². The summed E-state index contributed by atoms with van der Waals surface area (Å²) in [7, 11) is -5.67. The summed E-state index contributed by atoms with van der Waals surface area (Å²) in [6.45, 7) is 2.00. The highest BCUT2D eigenvalue weighted by Crippen LogP contribution is 2.06. The summed E-state index contributed by atoms with van der Waals surface area (Å²) in [6, 6.07) is 7.80. The minimum atomic E-state index is -5.67. The summed E-state index contributed by atoms with van der Waals surface area (Å²) in [5.74, 6) is 0. The maximum absolute atomic E-state index is 9.99. The Bertz CT molecular complexity index is 336. The van der Waals surface area contributed by atoms with Gasteiger partial charge in [0.1, 0.15) is 0 Å². The van der Waals surface area contributed by atoms with Gasteiger partial charge >= 0.3 is 10.6 Å². The molecule has 1 aromatic rings. The van der Waals surface area contributed by atoms with Crippen molar-refractivity contribution in [3.8, 4) is 0 Å². The van der Waals surface area contributed by atoms with Gasteiger partial charge in [-0.15, -0.1) is 0 Å². The third-order valence-electron chi connectivity index (χ3n) is 1.19. The number of nitrogens with two attached hydrogens (primary N) is 1. The fourth-order valence-corrected chi connectivity index (χ4v) is 0.587. The van der Waals surface area contributed by atoms with E-state index in [1.165, 1.54) is 0 Å². The minimum Gasteiger partial charge on any atom is -0.399 e. The molecule has 74 valence electrons. The van der Waals surface area contributed by atoms with Crippen LogP contribution in [-0.2, 0) is 10.6 Å². The smallest absolute Gasteiger partial charge is 0.399 e. The minimum absolute atomic E-state index is 0.868. The van der Waals surface area contributed by atoms with E-state index < -0.39 is 10.6 Å². The Morgan fingerprint density at radius 1 is 1.23 bits per heavy atom.